The zero-order valence-corrected chi connectivity index (χ0v) is 8.61. The number of rotatable bonds is 1. The molecule has 0 aliphatic carbocycles. The fraction of sp³-hybridized carbons (Fsp3) is 0.250. The molecule has 4 nitrogen and oxygen atoms in total. The Labute approximate surface area is 83.3 Å². The number of aryl methyl sites for hydroxylation is 1. The lowest BCUT2D eigenvalue weighted by atomic mass is 10.3. The van der Waals surface area contributed by atoms with E-state index < -0.39 is 0 Å². The van der Waals surface area contributed by atoms with Gasteiger partial charge in [0.25, 0.3) is 0 Å². The first kappa shape index (κ1) is 8.65. The Morgan fingerprint density at radius 3 is 3.08 bits per heavy atom. The molecule has 0 fully saturated rings. The fourth-order valence-electron chi connectivity index (χ4n) is 1.30. The third-order valence-corrected chi connectivity index (χ3v) is 2.30. The second-order valence-electron chi connectivity index (χ2n) is 2.75. The van der Waals surface area contributed by atoms with Crippen molar-refractivity contribution in [2.45, 2.75) is 6.61 Å². The van der Waals surface area contributed by atoms with Gasteiger partial charge in [0.1, 0.15) is 0 Å². The summed E-state index contributed by atoms with van der Waals surface area (Å²) in [5, 5.41) is 14.0. The van der Waals surface area contributed by atoms with Crippen LogP contribution in [0.1, 0.15) is 5.69 Å². The highest BCUT2D eigenvalue weighted by molar-refractivity contribution is 9.10. The van der Waals surface area contributed by atoms with E-state index in [1.54, 1.807) is 10.9 Å². The summed E-state index contributed by atoms with van der Waals surface area (Å²) in [5.74, 6) is 0. The summed E-state index contributed by atoms with van der Waals surface area (Å²) in [5.41, 5.74) is 1.44. The zero-order valence-electron chi connectivity index (χ0n) is 7.03. The Morgan fingerprint density at radius 1 is 1.62 bits per heavy atom. The lowest BCUT2D eigenvalue weighted by Crippen LogP contribution is -1.92. The number of pyridine rings is 1. The first-order valence-corrected chi connectivity index (χ1v) is 4.59. The van der Waals surface area contributed by atoms with Gasteiger partial charge < -0.3 is 5.11 Å². The van der Waals surface area contributed by atoms with E-state index in [-0.39, 0.29) is 6.61 Å². The Hall–Kier alpha value is -0.940. The zero-order chi connectivity index (χ0) is 9.42. The molecule has 13 heavy (non-hydrogen) atoms. The van der Waals surface area contributed by atoms with E-state index >= 15 is 0 Å². The molecule has 0 saturated carbocycles. The monoisotopic (exact) mass is 241 g/mol. The van der Waals surface area contributed by atoms with E-state index in [9.17, 15) is 0 Å². The first-order valence-electron chi connectivity index (χ1n) is 3.80. The van der Waals surface area contributed by atoms with Crippen molar-refractivity contribution in [3.63, 3.8) is 0 Å². The second-order valence-corrected chi connectivity index (χ2v) is 3.67. The van der Waals surface area contributed by atoms with Gasteiger partial charge in [0.2, 0.25) is 0 Å². The SMILES string of the molecule is Cn1nc(CO)c2cc(Br)cnc21. The number of halogens is 1. The largest absolute Gasteiger partial charge is 0.390 e. The molecule has 0 aromatic carbocycles. The number of fused-ring (bicyclic) bond motifs is 1. The molecule has 0 atom stereocenters. The van der Waals surface area contributed by atoms with Gasteiger partial charge in [-0.25, -0.2) is 4.98 Å². The minimum atomic E-state index is -0.0600. The van der Waals surface area contributed by atoms with Gasteiger partial charge in [-0.1, -0.05) is 0 Å². The molecule has 5 heteroatoms. The van der Waals surface area contributed by atoms with Gasteiger partial charge in [0.15, 0.2) is 5.65 Å². The van der Waals surface area contributed by atoms with Crippen LogP contribution in [-0.4, -0.2) is 19.9 Å². The number of hydrogen-bond acceptors (Lipinski definition) is 3. The maximum absolute atomic E-state index is 9.02. The number of hydrogen-bond donors (Lipinski definition) is 1. The van der Waals surface area contributed by atoms with Crippen molar-refractivity contribution < 1.29 is 5.11 Å². The van der Waals surface area contributed by atoms with E-state index in [0.29, 0.717) is 5.69 Å². The highest BCUT2D eigenvalue weighted by Crippen LogP contribution is 2.19. The molecule has 0 aliphatic heterocycles. The average Bonchev–Trinajstić information content (AvgIpc) is 2.42. The summed E-state index contributed by atoms with van der Waals surface area (Å²) < 4.78 is 2.55. The van der Waals surface area contributed by atoms with Crippen LogP contribution in [0.2, 0.25) is 0 Å². The lowest BCUT2D eigenvalue weighted by Gasteiger charge is -1.92. The van der Waals surface area contributed by atoms with Crippen LogP contribution in [0.4, 0.5) is 0 Å². The molecule has 2 aromatic heterocycles. The van der Waals surface area contributed by atoms with Crippen molar-refractivity contribution in [2.75, 3.05) is 0 Å². The van der Waals surface area contributed by atoms with Gasteiger partial charge in [-0.05, 0) is 22.0 Å². The quantitative estimate of drug-likeness (QED) is 0.818. The van der Waals surface area contributed by atoms with Crippen molar-refractivity contribution in [1.29, 1.82) is 0 Å². The number of aliphatic hydroxyl groups is 1. The maximum Gasteiger partial charge on any atom is 0.157 e. The topological polar surface area (TPSA) is 50.9 Å². The van der Waals surface area contributed by atoms with E-state index in [4.69, 9.17) is 5.11 Å². The molecular formula is C8H8BrN3O. The molecule has 1 N–H and O–H groups in total. The van der Waals surface area contributed by atoms with Crippen LogP contribution in [0.15, 0.2) is 16.7 Å². The van der Waals surface area contributed by atoms with E-state index in [1.807, 2.05) is 13.1 Å². The van der Waals surface area contributed by atoms with Crippen LogP contribution in [0.25, 0.3) is 11.0 Å². The predicted octanol–water partition coefficient (Wildman–Crippen LogP) is 1.22. The Bertz CT molecular complexity index is 452. The predicted molar refractivity (Wildman–Crippen MR) is 52.1 cm³/mol. The summed E-state index contributed by atoms with van der Waals surface area (Å²) in [4.78, 5) is 4.19. The van der Waals surface area contributed by atoms with Crippen LogP contribution >= 0.6 is 15.9 Å². The molecule has 0 saturated heterocycles. The smallest absolute Gasteiger partial charge is 0.157 e. The van der Waals surface area contributed by atoms with E-state index in [1.165, 1.54) is 0 Å². The van der Waals surface area contributed by atoms with Crippen molar-refractivity contribution in [3.8, 4) is 0 Å². The highest BCUT2D eigenvalue weighted by atomic mass is 79.9. The van der Waals surface area contributed by atoms with Gasteiger partial charge >= 0.3 is 0 Å². The Balaban J connectivity index is 2.81. The van der Waals surface area contributed by atoms with E-state index in [2.05, 4.69) is 26.0 Å². The van der Waals surface area contributed by atoms with Crippen molar-refractivity contribution >= 4 is 27.0 Å². The van der Waals surface area contributed by atoms with E-state index in [0.717, 1.165) is 15.5 Å². The van der Waals surface area contributed by atoms with Crippen LogP contribution < -0.4 is 0 Å². The summed E-state index contributed by atoms with van der Waals surface area (Å²) >= 11 is 3.32. The number of nitrogens with zero attached hydrogens (tertiary/aromatic N) is 3. The lowest BCUT2D eigenvalue weighted by molar-refractivity contribution is 0.277. The number of aliphatic hydroxyl groups excluding tert-OH is 1. The minimum Gasteiger partial charge on any atom is -0.390 e. The van der Waals surface area contributed by atoms with Crippen LogP contribution in [0.3, 0.4) is 0 Å². The third kappa shape index (κ3) is 1.34. The van der Waals surface area contributed by atoms with Crippen molar-refractivity contribution in [3.05, 3.63) is 22.4 Å². The maximum atomic E-state index is 9.02. The van der Waals surface area contributed by atoms with Gasteiger partial charge in [-0.2, -0.15) is 5.10 Å². The van der Waals surface area contributed by atoms with Gasteiger partial charge in [-0.3, -0.25) is 4.68 Å². The van der Waals surface area contributed by atoms with Crippen LogP contribution in [-0.2, 0) is 13.7 Å². The summed E-state index contributed by atoms with van der Waals surface area (Å²) in [6, 6.07) is 1.90. The summed E-state index contributed by atoms with van der Waals surface area (Å²) in [7, 11) is 1.81. The molecule has 0 radical (unpaired) electrons. The molecule has 2 aromatic rings. The Kier molecular flexibility index (Phi) is 2.05. The van der Waals surface area contributed by atoms with Gasteiger partial charge in [0.05, 0.1) is 12.3 Å². The third-order valence-electron chi connectivity index (χ3n) is 1.87. The molecule has 0 spiro atoms. The molecule has 2 heterocycles. The normalized spacial score (nSPS) is 11.0. The van der Waals surface area contributed by atoms with Crippen LogP contribution in [0.5, 0.6) is 0 Å². The second kappa shape index (κ2) is 3.08. The first-order chi connectivity index (χ1) is 6.22. The molecule has 2 rings (SSSR count). The molecule has 0 aliphatic rings. The fourth-order valence-corrected chi connectivity index (χ4v) is 1.63. The number of aromatic nitrogens is 3. The van der Waals surface area contributed by atoms with Gasteiger partial charge in [0, 0.05) is 23.1 Å². The van der Waals surface area contributed by atoms with Crippen LogP contribution in [0, 0.1) is 0 Å². The molecular weight excluding hydrogens is 234 g/mol. The summed E-state index contributed by atoms with van der Waals surface area (Å²) in [6.07, 6.45) is 1.71. The molecule has 0 amide bonds. The average molecular weight is 242 g/mol. The highest BCUT2D eigenvalue weighted by Gasteiger charge is 2.08. The van der Waals surface area contributed by atoms with Gasteiger partial charge in [-0.15, -0.1) is 0 Å². The Morgan fingerprint density at radius 2 is 2.38 bits per heavy atom. The molecule has 0 unspecified atom stereocenters. The standard InChI is InChI=1S/C8H8BrN3O/c1-12-8-6(7(4-13)11-12)2-5(9)3-10-8/h2-3,13H,4H2,1H3. The molecule has 68 valence electrons. The minimum absolute atomic E-state index is 0.0600. The van der Waals surface area contributed by atoms with Crippen molar-refractivity contribution in [2.24, 2.45) is 7.05 Å². The van der Waals surface area contributed by atoms with Crippen molar-refractivity contribution in [1.82, 2.24) is 14.8 Å². The molecule has 0 bridgehead atoms. The summed E-state index contributed by atoms with van der Waals surface area (Å²) in [6.45, 7) is -0.0600.